The second kappa shape index (κ2) is 7.82. The van der Waals surface area contributed by atoms with Crippen LogP contribution in [0, 0.1) is 34.6 Å². The number of benzene rings is 3. The van der Waals surface area contributed by atoms with E-state index in [0.29, 0.717) is 0 Å². The van der Waals surface area contributed by atoms with Crippen molar-refractivity contribution in [2.24, 2.45) is 0 Å². The minimum absolute atomic E-state index is 0.175. The lowest BCUT2D eigenvalue weighted by Gasteiger charge is -2.27. The van der Waals surface area contributed by atoms with E-state index in [1.165, 1.54) is 54.7 Å². The van der Waals surface area contributed by atoms with Gasteiger partial charge in [0.25, 0.3) is 0 Å². The molecule has 3 heterocycles. The number of nitrogens with zero attached hydrogens (tertiary/aromatic N) is 4. The van der Waals surface area contributed by atoms with Crippen molar-refractivity contribution in [1.29, 1.82) is 0 Å². The maximum Gasteiger partial charge on any atom is 0.411 e. The fourth-order valence-corrected chi connectivity index (χ4v) is 7.17. The summed E-state index contributed by atoms with van der Waals surface area (Å²) >= 11 is 1.80. The van der Waals surface area contributed by atoms with Crippen LogP contribution < -0.4 is 15.1 Å². The fourth-order valence-electron chi connectivity index (χ4n) is 5.99. The minimum atomic E-state index is 0.175. The predicted octanol–water partition coefficient (Wildman–Crippen LogP) is 6.34. The summed E-state index contributed by atoms with van der Waals surface area (Å²) in [5, 5.41) is 1.20. The summed E-state index contributed by atoms with van der Waals surface area (Å²) in [6.45, 7) is 11.1. The van der Waals surface area contributed by atoms with Crippen molar-refractivity contribution in [3.05, 3.63) is 76.6 Å². The fraction of sp³-hybridized carbons (Fsp3) is 0.241. The lowest BCUT2D eigenvalue weighted by atomic mass is 9.62. The van der Waals surface area contributed by atoms with Crippen molar-refractivity contribution in [3.8, 4) is 11.3 Å². The molecule has 0 N–H and O–H groups in total. The molecule has 174 valence electrons. The number of anilines is 2. The van der Waals surface area contributed by atoms with Crippen molar-refractivity contribution < 1.29 is 0 Å². The van der Waals surface area contributed by atoms with E-state index in [1.807, 2.05) is 0 Å². The van der Waals surface area contributed by atoms with Gasteiger partial charge in [-0.3, -0.25) is 0 Å². The first kappa shape index (κ1) is 22.1. The van der Waals surface area contributed by atoms with Crippen molar-refractivity contribution in [3.63, 3.8) is 0 Å². The molecule has 0 atom stereocenters. The third kappa shape index (κ3) is 3.34. The summed E-state index contributed by atoms with van der Waals surface area (Å²) in [7, 11) is 4.42. The van der Waals surface area contributed by atoms with Gasteiger partial charge in [-0.15, -0.1) is 11.3 Å². The molecule has 0 saturated heterocycles. The Hall–Kier alpha value is -3.38. The van der Waals surface area contributed by atoms with Crippen LogP contribution in [0.15, 0.2) is 48.8 Å². The molecule has 1 aliphatic rings. The third-order valence-electron chi connectivity index (χ3n) is 7.33. The number of rotatable bonds is 2. The highest BCUT2D eigenvalue weighted by atomic mass is 32.1. The van der Waals surface area contributed by atoms with Crippen LogP contribution in [0.4, 0.5) is 11.4 Å². The van der Waals surface area contributed by atoms with Crippen LogP contribution in [0.2, 0.25) is 0 Å². The van der Waals surface area contributed by atoms with Gasteiger partial charge in [-0.05, 0) is 78.4 Å². The molecule has 0 fully saturated rings. The Morgan fingerprint density at radius 2 is 1.31 bits per heavy atom. The Kier molecular flexibility index (Phi) is 4.94. The molecule has 3 aromatic carbocycles. The van der Waals surface area contributed by atoms with Gasteiger partial charge in [0.1, 0.15) is 6.33 Å². The van der Waals surface area contributed by atoms with Gasteiger partial charge < -0.3 is 9.62 Å². The van der Waals surface area contributed by atoms with Crippen LogP contribution in [-0.2, 0) is 0 Å². The molecule has 6 rings (SSSR count). The number of hydrogen-bond acceptors (Lipinski definition) is 5. The molecule has 5 aromatic rings. The number of aromatic nitrogens is 2. The molecule has 0 amide bonds. The van der Waals surface area contributed by atoms with Crippen LogP contribution >= 0.6 is 11.3 Å². The largest absolute Gasteiger partial charge is 0.411 e. The highest BCUT2D eigenvalue weighted by Gasteiger charge is 2.40. The highest BCUT2D eigenvalue weighted by Crippen LogP contribution is 2.45. The summed E-state index contributed by atoms with van der Waals surface area (Å²) in [6.07, 6.45) is 1.71. The normalized spacial score (nSPS) is 13.4. The monoisotopic (exact) mass is 476 g/mol. The lowest BCUT2D eigenvalue weighted by Crippen LogP contribution is -2.55. The zero-order valence-electron chi connectivity index (χ0n) is 21.4. The summed E-state index contributed by atoms with van der Waals surface area (Å²) in [5.41, 5.74) is 13.6. The van der Waals surface area contributed by atoms with E-state index in [1.54, 1.807) is 17.7 Å². The smallest absolute Gasteiger partial charge is 0.393 e. The van der Waals surface area contributed by atoms with E-state index in [9.17, 15) is 0 Å². The Bertz CT molecular complexity index is 1610. The van der Waals surface area contributed by atoms with Gasteiger partial charge in [0.05, 0.1) is 21.6 Å². The van der Waals surface area contributed by atoms with E-state index in [2.05, 4.69) is 101 Å². The maximum atomic E-state index is 4.75. The molecule has 0 spiro atoms. The first-order valence-corrected chi connectivity index (χ1v) is 12.9. The first-order chi connectivity index (χ1) is 16.7. The van der Waals surface area contributed by atoms with E-state index < -0.39 is 0 Å². The van der Waals surface area contributed by atoms with Gasteiger partial charge >= 0.3 is 6.98 Å². The molecular formula is C29H29BN4S. The number of fused-ring (bicyclic) bond motifs is 4. The standard InChI is InChI=1S/C29H29BN4S/c1-16-8-17(2)12-21(11-16)27-29-28(32-15-31-27)22-13-23-24(14-25(22)35-29)34(7)30(33(23)6)26-19(4)9-18(3)10-20(26)5/h8-15H,1-7H3. The second-order valence-electron chi connectivity index (χ2n) is 10.1. The van der Waals surface area contributed by atoms with Gasteiger partial charge in [-0.2, -0.15) is 0 Å². The predicted molar refractivity (Wildman–Crippen MR) is 153 cm³/mol. The first-order valence-electron chi connectivity index (χ1n) is 12.1. The molecule has 2 aromatic heterocycles. The highest BCUT2D eigenvalue weighted by molar-refractivity contribution is 7.26. The molecule has 0 radical (unpaired) electrons. The third-order valence-corrected chi connectivity index (χ3v) is 8.48. The molecule has 0 bridgehead atoms. The molecule has 1 aliphatic heterocycles. The van der Waals surface area contributed by atoms with Crippen molar-refractivity contribution in [1.82, 2.24) is 9.97 Å². The van der Waals surface area contributed by atoms with E-state index in [0.717, 1.165) is 21.5 Å². The minimum Gasteiger partial charge on any atom is -0.393 e. The Morgan fingerprint density at radius 3 is 1.97 bits per heavy atom. The summed E-state index contributed by atoms with van der Waals surface area (Å²) in [5.74, 6) is 0. The van der Waals surface area contributed by atoms with Crippen LogP contribution in [0.1, 0.15) is 27.8 Å². The summed E-state index contributed by atoms with van der Waals surface area (Å²) < 4.78 is 2.41. The summed E-state index contributed by atoms with van der Waals surface area (Å²) in [6, 6.07) is 15.9. The molecule has 6 heteroatoms. The van der Waals surface area contributed by atoms with Gasteiger partial charge in [0.15, 0.2) is 0 Å². The van der Waals surface area contributed by atoms with Crippen LogP contribution in [-0.4, -0.2) is 31.0 Å². The SMILES string of the molecule is Cc1cc(C)cc(-c2ncnc3c2sc2cc4c(cc23)N(C)B(c2c(C)cc(C)cc2C)N4C)c1. The molecule has 4 nitrogen and oxygen atoms in total. The summed E-state index contributed by atoms with van der Waals surface area (Å²) in [4.78, 5) is 14.3. The zero-order chi connectivity index (χ0) is 24.6. The second-order valence-corrected chi connectivity index (χ2v) is 11.2. The number of aryl methyl sites for hydroxylation is 5. The van der Waals surface area contributed by atoms with E-state index in [4.69, 9.17) is 9.97 Å². The lowest BCUT2D eigenvalue weighted by molar-refractivity contribution is 1.23. The van der Waals surface area contributed by atoms with Gasteiger partial charge in [0, 0.05) is 21.3 Å². The van der Waals surface area contributed by atoms with Gasteiger partial charge in [0.2, 0.25) is 0 Å². The molecular weight excluding hydrogens is 447 g/mol. The van der Waals surface area contributed by atoms with Gasteiger partial charge in [-0.1, -0.05) is 46.0 Å². The van der Waals surface area contributed by atoms with Crippen molar-refractivity contribution in [2.75, 3.05) is 23.7 Å². The number of thiophene rings is 1. The quantitative estimate of drug-likeness (QED) is 0.279. The van der Waals surface area contributed by atoms with Gasteiger partial charge in [-0.25, -0.2) is 9.97 Å². The molecule has 0 aliphatic carbocycles. The van der Waals surface area contributed by atoms with E-state index >= 15 is 0 Å². The number of hydrogen-bond donors (Lipinski definition) is 0. The van der Waals surface area contributed by atoms with Crippen LogP contribution in [0.3, 0.4) is 0 Å². The Balaban J connectivity index is 1.52. The Labute approximate surface area is 211 Å². The van der Waals surface area contributed by atoms with Crippen LogP contribution in [0.25, 0.3) is 31.6 Å². The topological polar surface area (TPSA) is 32.3 Å². The molecule has 0 saturated carbocycles. The average Bonchev–Trinajstić information content (AvgIpc) is 3.27. The van der Waals surface area contributed by atoms with Crippen LogP contribution in [0.5, 0.6) is 0 Å². The van der Waals surface area contributed by atoms with Crippen molar-refractivity contribution in [2.45, 2.75) is 34.6 Å². The average molecular weight is 476 g/mol. The zero-order valence-corrected chi connectivity index (χ0v) is 22.2. The van der Waals surface area contributed by atoms with E-state index in [-0.39, 0.29) is 6.98 Å². The molecule has 0 unspecified atom stereocenters. The molecule has 35 heavy (non-hydrogen) atoms. The van der Waals surface area contributed by atoms with Crippen molar-refractivity contribution >= 4 is 55.5 Å². The Morgan fingerprint density at radius 1 is 0.714 bits per heavy atom. The maximum absolute atomic E-state index is 4.75.